The van der Waals surface area contributed by atoms with Crippen molar-refractivity contribution >= 4 is 34.2 Å². The Labute approximate surface area is 362 Å². The van der Waals surface area contributed by atoms with Crippen LogP contribution in [0.3, 0.4) is 0 Å². The van der Waals surface area contributed by atoms with Crippen LogP contribution < -0.4 is 9.64 Å². The Balaban J connectivity index is 1.31. The maximum absolute atomic E-state index is 15.6. The molecule has 0 saturated carbocycles. The fraction of sp³-hybridized carbons (Fsp3) is 0.167. The summed E-state index contributed by atoms with van der Waals surface area (Å²) in [6, 6.07) is 52.9. The van der Waals surface area contributed by atoms with Gasteiger partial charge in [-0.15, -0.1) is 6.58 Å². The van der Waals surface area contributed by atoms with Gasteiger partial charge in [-0.2, -0.15) is 0 Å². The lowest BCUT2D eigenvalue weighted by Crippen LogP contribution is -2.52. The fourth-order valence-corrected chi connectivity index (χ4v) is 8.49. The molecule has 0 spiro atoms. The summed E-state index contributed by atoms with van der Waals surface area (Å²) < 4.78 is 12.3. The van der Waals surface area contributed by atoms with E-state index in [4.69, 9.17) is 9.47 Å². The minimum absolute atomic E-state index is 0.0387. The largest absolute Gasteiger partial charge is 0.493 e. The van der Waals surface area contributed by atoms with E-state index in [0.717, 1.165) is 38.6 Å². The average molecular weight is 821 g/mol. The van der Waals surface area contributed by atoms with Gasteiger partial charge in [0.25, 0.3) is 11.8 Å². The smallest absolute Gasteiger partial charge is 0.302 e. The van der Waals surface area contributed by atoms with Gasteiger partial charge in [0, 0.05) is 49.6 Å². The number of hydrogen-bond donors (Lipinski definition) is 1. The molecule has 0 aromatic heterocycles. The summed E-state index contributed by atoms with van der Waals surface area (Å²) in [6.07, 6.45) is 1.39. The third-order valence-electron chi connectivity index (χ3n) is 11.4. The van der Waals surface area contributed by atoms with E-state index in [0.29, 0.717) is 34.5 Å². The Kier molecular flexibility index (Phi) is 12.7. The Morgan fingerprint density at radius 3 is 2.00 bits per heavy atom. The predicted molar refractivity (Wildman–Crippen MR) is 245 cm³/mol. The molecule has 1 N–H and O–H groups in total. The predicted octanol–water partition coefficient (Wildman–Crippen LogP) is 10.9. The molecule has 1 unspecified atom stereocenters. The quantitative estimate of drug-likeness (QED) is 0.0629. The van der Waals surface area contributed by atoms with Crippen LogP contribution in [0, 0.1) is 0 Å². The van der Waals surface area contributed by atoms with Gasteiger partial charge < -0.3 is 19.5 Å². The SMILES string of the molecule is C=CCC(OC(C)=O)[C@@H]1[C@@H](N(Cc2ccc(-c3ccccc3)cc2)C(=O)c2cccc3ccccc23)c2cc(OCCCO)ccc2N1C(=O)c1ccc(-c2ccccc2)cc1. The molecular formula is C54H48N2O6. The number of nitrogens with zero attached hydrogens (tertiary/aromatic N) is 2. The number of amides is 2. The number of benzene rings is 7. The van der Waals surface area contributed by atoms with Crippen LogP contribution in [0.25, 0.3) is 33.0 Å². The highest BCUT2D eigenvalue weighted by molar-refractivity contribution is 6.10. The molecule has 7 aromatic carbocycles. The van der Waals surface area contributed by atoms with Crippen molar-refractivity contribution in [3.8, 4) is 28.0 Å². The van der Waals surface area contributed by atoms with Crippen molar-refractivity contribution in [2.75, 3.05) is 18.1 Å². The lowest BCUT2D eigenvalue weighted by molar-refractivity contribution is -0.147. The zero-order chi connectivity index (χ0) is 43.0. The first-order valence-corrected chi connectivity index (χ1v) is 20.9. The second-order valence-corrected chi connectivity index (χ2v) is 15.4. The molecule has 1 heterocycles. The van der Waals surface area contributed by atoms with Crippen LogP contribution in [0.5, 0.6) is 5.75 Å². The summed E-state index contributed by atoms with van der Waals surface area (Å²) in [5.74, 6) is -0.593. The van der Waals surface area contributed by atoms with Crippen LogP contribution >= 0.6 is 0 Å². The molecule has 1 aliphatic rings. The number of carbonyl (C=O) groups is 3. The van der Waals surface area contributed by atoms with Crippen molar-refractivity contribution in [1.29, 1.82) is 0 Å². The Morgan fingerprint density at radius 2 is 1.35 bits per heavy atom. The Bertz CT molecular complexity index is 2680. The highest BCUT2D eigenvalue weighted by atomic mass is 16.5. The minimum atomic E-state index is -0.906. The number of hydrogen-bond acceptors (Lipinski definition) is 6. The monoisotopic (exact) mass is 820 g/mol. The van der Waals surface area contributed by atoms with Gasteiger partial charge in [0.1, 0.15) is 11.9 Å². The molecule has 3 atom stereocenters. The van der Waals surface area contributed by atoms with Crippen molar-refractivity contribution in [1.82, 2.24) is 4.90 Å². The standard InChI is InChI=1S/C54H48N2O6/c1-3-14-50(62-37(2)58)52-51(48-35-45(61-34-13-33-57)31-32-49(48)56(52)53(59)44-29-27-42(28-30-44)40-17-8-5-9-18-40)55(54(60)47-22-12-20-43-19-10-11-21-46(43)47)36-38-23-25-41(26-24-38)39-15-6-4-7-16-39/h3-12,15-32,35,50-52,57H,1,13-14,33-34,36H2,2H3/t50?,51-,52+/m0/s1. The van der Waals surface area contributed by atoms with Gasteiger partial charge >= 0.3 is 5.97 Å². The molecule has 0 saturated heterocycles. The molecule has 62 heavy (non-hydrogen) atoms. The number of esters is 1. The summed E-state index contributed by atoms with van der Waals surface area (Å²) >= 11 is 0. The molecule has 0 fully saturated rings. The molecule has 8 nitrogen and oxygen atoms in total. The number of anilines is 1. The van der Waals surface area contributed by atoms with E-state index >= 15 is 9.59 Å². The third kappa shape index (κ3) is 8.78. The maximum atomic E-state index is 15.6. The van der Waals surface area contributed by atoms with Gasteiger partial charge in [-0.25, -0.2) is 0 Å². The van der Waals surface area contributed by atoms with E-state index in [2.05, 4.69) is 18.7 Å². The first kappa shape index (κ1) is 41.4. The van der Waals surface area contributed by atoms with Gasteiger partial charge in [0.05, 0.1) is 24.4 Å². The number of carbonyl (C=O) groups excluding carboxylic acids is 3. The van der Waals surface area contributed by atoms with Crippen molar-refractivity contribution < 1.29 is 29.0 Å². The van der Waals surface area contributed by atoms with E-state index in [1.165, 1.54) is 6.92 Å². The normalized spacial score (nSPS) is 14.8. The highest BCUT2D eigenvalue weighted by Crippen LogP contribution is 2.49. The van der Waals surface area contributed by atoms with Gasteiger partial charge in [0.15, 0.2) is 0 Å². The van der Waals surface area contributed by atoms with Crippen LogP contribution in [-0.4, -0.2) is 53.1 Å². The van der Waals surface area contributed by atoms with E-state index in [-0.39, 0.29) is 38.0 Å². The van der Waals surface area contributed by atoms with Gasteiger partial charge in [-0.05, 0) is 75.0 Å². The molecule has 7 aromatic rings. The summed E-state index contributed by atoms with van der Waals surface area (Å²) in [5.41, 5.74) is 7.07. The summed E-state index contributed by atoms with van der Waals surface area (Å²) in [5, 5.41) is 11.3. The number of rotatable bonds is 15. The third-order valence-corrected chi connectivity index (χ3v) is 11.4. The molecule has 2 amide bonds. The lowest BCUT2D eigenvalue weighted by Gasteiger charge is -2.39. The van der Waals surface area contributed by atoms with Crippen molar-refractivity contribution in [3.05, 3.63) is 205 Å². The van der Waals surface area contributed by atoms with E-state index < -0.39 is 24.2 Å². The number of aliphatic hydroxyl groups is 1. The molecule has 310 valence electrons. The van der Waals surface area contributed by atoms with Crippen LogP contribution in [0.2, 0.25) is 0 Å². The molecular weight excluding hydrogens is 773 g/mol. The van der Waals surface area contributed by atoms with Gasteiger partial charge in [-0.1, -0.05) is 140 Å². The van der Waals surface area contributed by atoms with Crippen molar-refractivity contribution in [2.24, 2.45) is 0 Å². The number of fused-ring (bicyclic) bond motifs is 2. The van der Waals surface area contributed by atoms with Gasteiger partial charge in [-0.3, -0.25) is 19.3 Å². The van der Waals surface area contributed by atoms with E-state index in [9.17, 15) is 9.90 Å². The van der Waals surface area contributed by atoms with Crippen molar-refractivity contribution in [3.63, 3.8) is 0 Å². The Hall–Kier alpha value is -7.29. The highest BCUT2D eigenvalue weighted by Gasteiger charge is 2.51. The number of ether oxygens (including phenoxy) is 2. The molecule has 8 heteroatoms. The number of aliphatic hydroxyl groups excluding tert-OH is 1. The molecule has 1 aliphatic heterocycles. The first-order chi connectivity index (χ1) is 30.3. The fourth-order valence-electron chi connectivity index (χ4n) is 8.49. The molecule has 0 aliphatic carbocycles. The van der Waals surface area contributed by atoms with E-state index in [1.54, 1.807) is 17.0 Å². The zero-order valence-corrected chi connectivity index (χ0v) is 34.6. The van der Waals surface area contributed by atoms with Crippen LogP contribution in [-0.2, 0) is 16.1 Å². The average Bonchev–Trinajstić information content (AvgIpc) is 3.64. The van der Waals surface area contributed by atoms with Crippen LogP contribution in [0.15, 0.2) is 183 Å². The summed E-state index contributed by atoms with van der Waals surface area (Å²) in [4.78, 5) is 47.4. The summed E-state index contributed by atoms with van der Waals surface area (Å²) in [7, 11) is 0. The maximum Gasteiger partial charge on any atom is 0.302 e. The summed E-state index contributed by atoms with van der Waals surface area (Å²) in [6.45, 7) is 5.75. The lowest BCUT2D eigenvalue weighted by atomic mass is 9.92. The topological polar surface area (TPSA) is 96.4 Å². The Morgan fingerprint density at radius 1 is 0.742 bits per heavy atom. The van der Waals surface area contributed by atoms with Crippen molar-refractivity contribution in [2.45, 2.75) is 44.5 Å². The zero-order valence-electron chi connectivity index (χ0n) is 34.6. The van der Waals surface area contributed by atoms with Gasteiger partial charge in [0.2, 0.25) is 0 Å². The van der Waals surface area contributed by atoms with Crippen LogP contribution in [0.4, 0.5) is 5.69 Å². The molecule has 8 rings (SSSR count). The molecule has 0 radical (unpaired) electrons. The molecule has 0 bridgehead atoms. The second-order valence-electron chi connectivity index (χ2n) is 15.4. The van der Waals surface area contributed by atoms with Crippen LogP contribution in [0.1, 0.15) is 57.7 Å². The van der Waals surface area contributed by atoms with E-state index in [1.807, 2.05) is 157 Å². The second kappa shape index (κ2) is 19.0. The minimum Gasteiger partial charge on any atom is -0.493 e. The first-order valence-electron chi connectivity index (χ1n) is 20.9.